The van der Waals surface area contributed by atoms with Gasteiger partial charge in [0.2, 0.25) is 0 Å². The van der Waals surface area contributed by atoms with Gasteiger partial charge in [-0.2, -0.15) is 0 Å². The number of aromatic nitrogens is 2. The Bertz CT molecular complexity index is 1310. The summed E-state index contributed by atoms with van der Waals surface area (Å²) < 4.78 is 11.1. The van der Waals surface area contributed by atoms with Crippen LogP contribution in [0, 0.1) is 5.92 Å². The van der Waals surface area contributed by atoms with Crippen molar-refractivity contribution in [3.8, 4) is 5.75 Å². The predicted molar refractivity (Wildman–Crippen MR) is 136 cm³/mol. The second-order valence-electron chi connectivity index (χ2n) is 8.68. The molecule has 7 nitrogen and oxygen atoms in total. The number of ether oxygens (including phenoxy) is 2. The summed E-state index contributed by atoms with van der Waals surface area (Å²) in [6.45, 7) is 2.32. The number of nitrogens with zero attached hydrogens (tertiary/aromatic N) is 3. The predicted octanol–water partition coefficient (Wildman–Crippen LogP) is 4.71. The molecule has 0 spiro atoms. The number of nitrogens with one attached hydrogen (secondary N) is 1. The molecule has 0 saturated carbocycles. The lowest BCUT2D eigenvalue weighted by molar-refractivity contribution is 0.0738. The third-order valence-electron chi connectivity index (χ3n) is 6.21. The molecule has 1 aliphatic rings. The number of hydrogen-bond donors (Lipinski definition) is 1. The van der Waals surface area contributed by atoms with Crippen molar-refractivity contribution in [2.75, 3.05) is 38.7 Å². The van der Waals surface area contributed by atoms with E-state index in [1.54, 1.807) is 25.6 Å². The maximum atomic E-state index is 13.6. The molecule has 178 valence electrons. The molecular weight excluding hydrogens is 440 g/mol. The largest absolute Gasteiger partial charge is 0.497 e. The summed E-state index contributed by atoms with van der Waals surface area (Å²) in [5, 5.41) is 4.40. The minimum Gasteiger partial charge on any atom is -0.497 e. The average molecular weight is 469 g/mol. The fourth-order valence-electron chi connectivity index (χ4n) is 4.43. The molecule has 0 aliphatic carbocycles. The number of carbonyl (C=O) groups is 1. The van der Waals surface area contributed by atoms with Gasteiger partial charge in [0.1, 0.15) is 11.6 Å². The molecule has 7 heteroatoms. The van der Waals surface area contributed by atoms with Gasteiger partial charge in [-0.3, -0.25) is 9.78 Å². The summed E-state index contributed by atoms with van der Waals surface area (Å²) in [4.78, 5) is 24.3. The number of amides is 1. The normalized spacial score (nSPS) is 16.0. The molecular formula is C28H28N4O3. The SMILES string of the molecule is COc1ccc(Nc2ncccc2C(=O)N2CCOCC(Cc3ccc4ncccc4c3)C2)cc1. The van der Waals surface area contributed by atoms with Gasteiger partial charge < -0.3 is 19.7 Å². The van der Waals surface area contributed by atoms with Gasteiger partial charge in [0.25, 0.3) is 5.91 Å². The van der Waals surface area contributed by atoms with Crippen molar-refractivity contribution in [1.82, 2.24) is 14.9 Å². The number of fused-ring (bicyclic) bond motifs is 1. The van der Waals surface area contributed by atoms with E-state index in [-0.39, 0.29) is 11.8 Å². The van der Waals surface area contributed by atoms with E-state index in [1.807, 2.05) is 41.3 Å². The number of carbonyl (C=O) groups excluding carboxylic acids is 1. The first-order valence-electron chi connectivity index (χ1n) is 11.8. The number of hydrogen-bond acceptors (Lipinski definition) is 6. The molecule has 1 fully saturated rings. The molecule has 1 atom stereocenters. The van der Waals surface area contributed by atoms with Gasteiger partial charge in [-0.25, -0.2) is 4.98 Å². The van der Waals surface area contributed by atoms with Crippen molar-refractivity contribution >= 4 is 28.3 Å². The minimum atomic E-state index is -0.0488. The van der Waals surface area contributed by atoms with Gasteiger partial charge in [0.05, 0.1) is 31.4 Å². The second-order valence-corrected chi connectivity index (χ2v) is 8.68. The third-order valence-corrected chi connectivity index (χ3v) is 6.21. The summed E-state index contributed by atoms with van der Waals surface area (Å²) in [6, 6.07) is 21.5. The molecule has 2 aromatic carbocycles. The maximum absolute atomic E-state index is 13.6. The summed E-state index contributed by atoms with van der Waals surface area (Å²) >= 11 is 0. The van der Waals surface area contributed by atoms with Gasteiger partial charge >= 0.3 is 0 Å². The van der Waals surface area contributed by atoms with E-state index in [9.17, 15) is 4.79 Å². The Labute approximate surface area is 204 Å². The maximum Gasteiger partial charge on any atom is 0.257 e. The Hall–Kier alpha value is -3.97. The smallest absolute Gasteiger partial charge is 0.257 e. The van der Waals surface area contributed by atoms with E-state index in [1.165, 1.54) is 5.56 Å². The molecule has 0 radical (unpaired) electrons. The van der Waals surface area contributed by atoms with Crippen molar-refractivity contribution < 1.29 is 14.3 Å². The molecule has 5 rings (SSSR count). The molecule has 1 unspecified atom stereocenters. The van der Waals surface area contributed by atoms with Crippen LogP contribution in [-0.4, -0.2) is 54.2 Å². The van der Waals surface area contributed by atoms with Crippen LogP contribution in [0.1, 0.15) is 15.9 Å². The first-order chi connectivity index (χ1) is 17.2. The monoisotopic (exact) mass is 468 g/mol. The Kier molecular flexibility index (Phi) is 6.86. The standard InChI is InChI=1S/C28H28N4O3/c1-34-24-9-7-23(8-10-24)31-27-25(5-3-13-30-27)28(33)32-14-15-35-19-21(18-32)16-20-6-11-26-22(17-20)4-2-12-29-26/h2-13,17,21H,14-16,18-19H2,1H3,(H,30,31). The molecule has 0 bridgehead atoms. The summed E-state index contributed by atoms with van der Waals surface area (Å²) in [5.74, 6) is 1.45. The van der Waals surface area contributed by atoms with Gasteiger partial charge in [-0.05, 0) is 66.6 Å². The first-order valence-corrected chi connectivity index (χ1v) is 11.8. The lowest BCUT2D eigenvalue weighted by atomic mass is 9.98. The molecule has 3 heterocycles. The van der Waals surface area contributed by atoms with E-state index in [4.69, 9.17) is 9.47 Å². The van der Waals surface area contributed by atoms with E-state index >= 15 is 0 Å². The van der Waals surface area contributed by atoms with E-state index in [0.29, 0.717) is 37.7 Å². The van der Waals surface area contributed by atoms with Crippen LogP contribution >= 0.6 is 0 Å². The lowest BCUT2D eigenvalue weighted by Crippen LogP contribution is -2.36. The molecule has 1 amide bonds. The van der Waals surface area contributed by atoms with E-state index in [2.05, 4.69) is 39.6 Å². The Morgan fingerprint density at radius 3 is 2.77 bits per heavy atom. The van der Waals surface area contributed by atoms with Crippen molar-refractivity contribution in [2.45, 2.75) is 6.42 Å². The molecule has 2 aromatic heterocycles. The lowest BCUT2D eigenvalue weighted by Gasteiger charge is -2.24. The van der Waals surface area contributed by atoms with Crippen molar-refractivity contribution in [1.29, 1.82) is 0 Å². The highest BCUT2D eigenvalue weighted by atomic mass is 16.5. The number of anilines is 2. The van der Waals surface area contributed by atoms with Crippen LogP contribution in [-0.2, 0) is 11.2 Å². The van der Waals surface area contributed by atoms with Crippen LogP contribution in [0.2, 0.25) is 0 Å². The zero-order valence-corrected chi connectivity index (χ0v) is 19.7. The van der Waals surface area contributed by atoms with Crippen LogP contribution in [0.5, 0.6) is 5.75 Å². The highest BCUT2D eigenvalue weighted by Gasteiger charge is 2.25. The average Bonchev–Trinajstić information content (AvgIpc) is 3.14. The zero-order chi connectivity index (χ0) is 24.0. The number of rotatable bonds is 6. The minimum absolute atomic E-state index is 0.0488. The van der Waals surface area contributed by atoms with Crippen LogP contribution in [0.3, 0.4) is 0 Å². The topological polar surface area (TPSA) is 76.6 Å². The quantitative estimate of drug-likeness (QED) is 0.442. The van der Waals surface area contributed by atoms with Crippen molar-refractivity contribution in [3.63, 3.8) is 0 Å². The van der Waals surface area contributed by atoms with Crippen LogP contribution < -0.4 is 10.1 Å². The summed E-state index contributed by atoms with van der Waals surface area (Å²) in [6.07, 6.45) is 4.32. The highest BCUT2D eigenvalue weighted by molar-refractivity contribution is 5.99. The number of pyridine rings is 2. The number of methoxy groups -OCH3 is 1. The van der Waals surface area contributed by atoms with Gasteiger partial charge in [0, 0.05) is 42.5 Å². The first kappa shape index (κ1) is 22.8. The molecule has 4 aromatic rings. The Morgan fingerprint density at radius 2 is 1.91 bits per heavy atom. The van der Waals surface area contributed by atoms with Crippen LogP contribution in [0.15, 0.2) is 79.1 Å². The van der Waals surface area contributed by atoms with Crippen molar-refractivity contribution in [2.24, 2.45) is 5.92 Å². The van der Waals surface area contributed by atoms with Gasteiger partial charge in [-0.1, -0.05) is 12.1 Å². The fraction of sp³-hybridized carbons (Fsp3) is 0.250. The number of benzene rings is 2. The summed E-state index contributed by atoms with van der Waals surface area (Å²) in [5.41, 5.74) is 3.58. The van der Waals surface area contributed by atoms with Crippen molar-refractivity contribution in [3.05, 3.63) is 90.3 Å². The Balaban J connectivity index is 1.32. The highest BCUT2D eigenvalue weighted by Crippen LogP contribution is 2.24. The van der Waals surface area contributed by atoms with Crippen LogP contribution in [0.4, 0.5) is 11.5 Å². The zero-order valence-electron chi connectivity index (χ0n) is 19.7. The molecule has 1 N–H and O–H groups in total. The summed E-state index contributed by atoms with van der Waals surface area (Å²) in [7, 11) is 1.63. The third kappa shape index (κ3) is 5.41. The molecule has 1 aliphatic heterocycles. The second kappa shape index (κ2) is 10.5. The molecule has 35 heavy (non-hydrogen) atoms. The van der Waals surface area contributed by atoms with Gasteiger partial charge in [0.15, 0.2) is 0 Å². The van der Waals surface area contributed by atoms with E-state index < -0.39 is 0 Å². The van der Waals surface area contributed by atoms with E-state index in [0.717, 1.165) is 28.8 Å². The Morgan fingerprint density at radius 1 is 1.09 bits per heavy atom. The fourth-order valence-corrected chi connectivity index (χ4v) is 4.43. The van der Waals surface area contributed by atoms with Gasteiger partial charge in [-0.15, -0.1) is 0 Å². The van der Waals surface area contributed by atoms with Crippen LogP contribution in [0.25, 0.3) is 10.9 Å². The molecule has 1 saturated heterocycles.